The van der Waals surface area contributed by atoms with E-state index in [1.807, 2.05) is 24.3 Å². The van der Waals surface area contributed by atoms with Crippen LogP contribution in [0.1, 0.15) is 2.85 Å². The van der Waals surface area contributed by atoms with Gasteiger partial charge in [0.2, 0.25) is 5.28 Å². The van der Waals surface area contributed by atoms with Crippen molar-refractivity contribution >= 4 is 45.7 Å². The molecule has 1 aromatic carbocycles. The maximum absolute atomic E-state index is 5.62. The van der Waals surface area contributed by atoms with E-state index in [1.54, 1.807) is 0 Å². The summed E-state index contributed by atoms with van der Waals surface area (Å²) in [5.74, 6) is 0. The molecule has 0 aliphatic rings. The van der Waals surface area contributed by atoms with E-state index in [4.69, 9.17) is 11.6 Å². The molecule has 0 fully saturated rings. The van der Waals surface area contributed by atoms with Crippen LogP contribution in [0.5, 0.6) is 0 Å². The summed E-state index contributed by atoms with van der Waals surface area (Å²) in [6.07, 6.45) is 0. The second-order valence-electron chi connectivity index (χ2n) is 2.04. The van der Waals surface area contributed by atoms with Gasteiger partial charge in [-0.3, -0.25) is 0 Å². The Labute approximate surface area is 88.1 Å². The van der Waals surface area contributed by atoms with Crippen LogP contribution in [-0.4, -0.2) is 33.0 Å². The number of aromatic nitrogens is 2. The van der Waals surface area contributed by atoms with Gasteiger partial charge in [0.05, 0.1) is 11.0 Å². The van der Waals surface area contributed by atoms with E-state index in [0.29, 0.717) is 5.28 Å². The normalized spacial score (nSPS) is 9.55. The van der Waals surface area contributed by atoms with Gasteiger partial charge in [-0.2, -0.15) is 0 Å². The van der Waals surface area contributed by atoms with Crippen LogP contribution in [0, 0.1) is 0 Å². The summed E-state index contributed by atoms with van der Waals surface area (Å²) in [5, 5.41) is 0.446. The molecule has 4 heteroatoms. The van der Waals surface area contributed by atoms with Gasteiger partial charge in [0, 0.05) is 0 Å². The molecule has 0 atom stereocenters. The Balaban J connectivity index is 0. The molecule has 0 saturated carbocycles. The van der Waals surface area contributed by atoms with Gasteiger partial charge in [-0.15, -0.1) is 0 Å². The molecule has 0 aliphatic heterocycles. The Morgan fingerprint density at radius 2 is 2.09 bits per heavy atom. The number of rotatable bonds is 0. The Kier molecular flexibility index (Phi) is 2.76. The summed E-state index contributed by atoms with van der Waals surface area (Å²) in [5.41, 5.74) is 1.89. The molecule has 1 aromatic heterocycles. The van der Waals surface area contributed by atoms with Gasteiger partial charge < -0.3 is 7.84 Å². The fourth-order valence-corrected chi connectivity index (χ4v) is 1.11. The fourth-order valence-electron chi connectivity index (χ4n) is 0.922. The number of nitrogens with zero attached hydrogens (tertiary/aromatic N) is 1. The van der Waals surface area contributed by atoms with Crippen molar-refractivity contribution in [2.24, 2.45) is 0 Å². The third-order valence-electron chi connectivity index (χ3n) is 1.36. The number of benzene rings is 1. The van der Waals surface area contributed by atoms with Crippen molar-refractivity contribution in [1.82, 2.24) is 9.97 Å². The van der Waals surface area contributed by atoms with Crippen LogP contribution in [0.25, 0.3) is 11.0 Å². The summed E-state index contributed by atoms with van der Waals surface area (Å²) in [6.45, 7) is 0. The molecule has 2 aromatic rings. The van der Waals surface area contributed by atoms with Crippen molar-refractivity contribution in [2.45, 2.75) is 0 Å². The first-order chi connectivity index (χ1) is 4.86. The van der Waals surface area contributed by atoms with Gasteiger partial charge in [0.25, 0.3) is 0 Å². The standard InChI is InChI=1S/C7H5ClN2.Mg.2H/c8-7-9-5-3-1-2-4-6(5)10-7;;;/h1-4H,(H,9,10);;;/q;+2;2*-1. The van der Waals surface area contributed by atoms with Crippen LogP contribution in [0.15, 0.2) is 24.3 Å². The third kappa shape index (κ3) is 1.66. The average Bonchev–Trinajstić information content (AvgIpc) is 2.27. The summed E-state index contributed by atoms with van der Waals surface area (Å²) in [6, 6.07) is 7.72. The zero-order valence-corrected chi connectivity index (χ0v) is 8.01. The predicted octanol–water partition coefficient (Wildman–Crippen LogP) is 2.06. The van der Waals surface area contributed by atoms with Crippen LogP contribution >= 0.6 is 11.6 Å². The number of para-hydroxylation sites is 2. The molecule has 1 heterocycles. The fraction of sp³-hybridized carbons (Fsp3) is 0. The van der Waals surface area contributed by atoms with E-state index >= 15 is 0 Å². The molecule has 0 bridgehead atoms. The molecule has 0 aliphatic carbocycles. The molecule has 0 radical (unpaired) electrons. The van der Waals surface area contributed by atoms with Gasteiger partial charge in [0.1, 0.15) is 0 Å². The topological polar surface area (TPSA) is 28.7 Å². The number of hydrogen-bond acceptors (Lipinski definition) is 1. The molecule has 54 valence electrons. The average molecular weight is 179 g/mol. The number of H-pyrrole nitrogens is 1. The Bertz CT molecular complexity index is 333. The minimum Gasteiger partial charge on any atom is -1.00 e. The van der Waals surface area contributed by atoms with Gasteiger partial charge in [-0.25, -0.2) is 4.98 Å². The first-order valence-corrected chi connectivity index (χ1v) is 3.34. The van der Waals surface area contributed by atoms with Crippen molar-refractivity contribution in [3.63, 3.8) is 0 Å². The van der Waals surface area contributed by atoms with Gasteiger partial charge in [-0.05, 0) is 23.7 Å². The van der Waals surface area contributed by atoms with Crippen LogP contribution < -0.4 is 0 Å². The third-order valence-corrected chi connectivity index (χ3v) is 1.54. The van der Waals surface area contributed by atoms with Crippen LogP contribution in [0.2, 0.25) is 5.28 Å². The number of nitrogens with one attached hydrogen (secondary N) is 1. The Hall–Kier alpha value is -0.254. The van der Waals surface area contributed by atoms with E-state index in [2.05, 4.69) is 9.97 Å². The quantitative estimate of drug-likeness (QED) is 0.616. The summed E-state index contributed by atoms with van der Waals surface area (Å²) < 4.78 is 0. The number of fused-ring (bicyclic) bond motifs is 1. The van der Waals surface area contributed by atoms with Crippen LogP contribution in [0.3, 0.4) is 0 Å². The van der Waals surface area contributed by atoms with Crippen LogP contribution in [-0.2, 0) is 0 Å². The Morgan fingerprint density at radius 1 is 1.36 bits per heavy atom. The van der Waals surface area contributed by atoms with Crippen molar-refractivity contribution < 1.29 is 2.85 Å². The van der Waals surface area contributed by atoms with Crippen molar-refractivity contribution in [3.05, 3.63) is 29.5 Å². The van der Waals surface area contributed by atoms with E-state index in [1.165, 1.54) is 0 Å². The smallest absolute Gasteiger partial charge is 1.00 e. The first kappa shape index (κ1) is 8.84. The van der Waals surface area contributed by atoms with Crippen molar-refractivity contribution in [2.75, 3.05) is 0 Å². The zero-order valence-electron chi connectivity index (χ0n) is 7.84. The molecular weight excluding hydrogens is 172 g/mol. The maximum Gasteiger partial charge on any atom is 2.00 e. The second kappa shape index (κ2) is 3.43. The number of halogens is 1. The minimum atomic E-state index is 0. The SMILES string of the molecule is Clc1nc2ccccc2[nH]1.[H-].[H-].[Mg+2]. The minimum absolute atomic E-state index is 0. The first-order valence-electron chi connectivity index (χ1n) is 2.96. The molecule has 0 spiro atoms. The number of hydrogen-bond donors (Lipinski definition) is 1. The number of aromatic amines is 1. The number of imidazole rings is 1. The Morgan fingerprint density at radius 3 is 2.82 bits per heavy atom. The van der Waals surface area contributed by atoms with Crippen molar-refractivity contribution in [3.8, 4) is 0 Å². The molecule has 11 heavy (non-hydrogen) atoms. The molecule has 2 rings (SSSR count). The summed E-state index contributed by atoms with van der Waals surface area (Å²) in [7, 11) is 0. The largest absolute Gasteiger partial charge is 2.00 e. The van der Waals surface area contributed by atoms with E-state index in [-0.39, 0.29) is 25.9 Å². The second-order valence-corrected chi connectivity index (χ2v) is 2.40. The molecule has 1 N–H and O–H groups in total. The van der Waals surface area contributed by atoms with Gasteiger partial charge in [0.15, 0.2) is 0 Å². The van der Waals surface area contributed by atoms with Gasteiger partial charge >= 0.3 is 23.1 Å². The maximum atomic E-state index is 5.62. The predicted molar refractivity (Wildman–Crippen MR) is 49.1 cm³/mol. The molecular formula is C7H7ClMgN2. The van der Waals surface area contributed by atoms with Crippen molar-refractivity contribution in [1.29, 1.82) is 0 Å². The summed E-state index contributed by atoms with van der Waals surface area (Å²) >= 11 is 5.62. The molecule has 2 nitrogen and oxygen atoms in total. The van der Waals surface area contributed by atoms with Gasteiger partial charge in [-0.1, -0.05) is 12.1 Å². The summed E-state index contributed by atoms with van der Waals surface area (Å²) in [4.78, 5) is 6.94. The molecule has 0 unspecified atom stereocenters. The van der Waals surface area contributed by atoms with E-state index < -0.39 is 0 Å². The monoisotopic (exact) mass is 178 g/mol. The molecule has 0 saturated heterocycles. The van der Waals surface area contributed by atoms with E-state index in [9.17, 15) is 0 Å². The zero-order chi connectivity index (χ0) is 6.97. The van der Waals surface area contributed by atoms with Crippen LogP contribution in [0.4, 0.5) is 0 Å². The van der Waals surface area contributed by atoms with E-state index in [0.717, 1.165) is 11.0 Å². The molecule has 0 amide bonds.